The Morgan fingerprint density at radius 2 is 1.71 bits per heavy atom. The number of anilines is 1. The van der Waals surface area contributed by atoms with Crippen molar-refractivity contribution in [2.24, 2.45) is 0 Å². The normalized spacial score (nSPS) is 11.8. The lowest BCUT2D eigenvalue weighted by Crippen LogP contribution is -2.31. The first kappa shape index (κ1) is 21.8. The molecule has 0 aliphatic heterocycles. The Kier molecular flexibility index (Phi) is 6.49. The van der Waals surface area contributed by atoms with E-state index in [2.05, 4.69) is 5.32 Å². The van der Waals surface area contributed by atoms with Gasteiger partial charge in [-0.15, -0.1) is 0 Å². The van der Waals surface area contributed by atoms with Gasteiger partial charge in [-0.3, -0.25) is 28.8 Å². The van der Waals surface area contributed by atoms with Crippen molar-refractivity contribution in [2.75, 3.05) is 5.32 Å². The highest BCUT2D eigenvalue weighted by Crippen LogP contribution is 2.23. The molecule has 31 heavy (non-hydrogen) atoms. The molecular weight excluding hydrogens is 404 g/mol. The zero-order valence-corrected chi connectivity index (χ0v) is 17.1. The number of ether oxygens (including phenoxy) is 1. The molecule has 2 aromatic carbocycles. The number of esters is 1. The summed E-state index contributed by atoms with van der Waals surface area (Å²) in [5.74, 6) is -1.35. The van der Waals surface area contributed by atoms with E-state index >= 15 is 0 Å². The van der Waals surface area contributed by atoms with Crippen LogP contribution in [0.5, 0.6) is 0 Å². The lowest BCUT2D eigenvalue weighted by Gasteiger charge is -2.13. The second-order valence-corrected chi connectivity index (χ2v) is 6.81. The van der Waals surface area contributed by atoms with Gasteiger partial charge in [-0.1, -0.05) is 24.3 Å². The molecule has 0 saturated heterocycles. The summed E-state index contributed by atoms with van der Waals surface area (Å²) < 4.78 is 8.26. The summed E-state index contributed by atoms with van der Waals surface area (Å²) in [5.41, 5.74) is 1.02. The maximum absolute atomic E-state index is 12.6. The van der Waals surface area contributed by atoms with E-state index in [-0.39, 0.29) is 30.0 Å². The van der Waals surface area contributed by atoms with Crippen LogP contribution in [0, 0.1) is 10.1 Å². The smallest absolute Gasteiger partial charge is 0.329 e. The van der Waals surface area contributed by atoms with E-state index in [9.17, 15) is 24.5 Å². The summed E-state index contributed by atoms with van der Waals surface area (Å²) in [5, 5.41) is 13.5. The first-order chi connectivity index (χ1) is 14.8. The Balaban J connectivity index is 1.63. The van der Waals surface area contributed by atoms with Crippen LogP contribution in [0.25, 0.3) is 11.0 Å². The monoisotopic (exact) mass is 426 g/mol. The Hall–Kier alpha value is -3.95. The number of nitro benzene ring substituents is 1. The molecule has 0 bridgehead atoms. The molecule has 1 N–H and O–H groups in total. The maximum Gasteiger partial charge on any atom is 0.329 e. The van der Waals surface area contributed by atoms with Crippen LogP contribution >= 0.6 is 0 Å². The number of fused-ring (bicyclic) bond motifs is 1. The van der Waals surface area contributed by atoms with Gasteiger partial charge < -0.3 is 10.1 Å². The molecule has 1 amide bonds. The minimum absolute atomic E-state index is 0.0133. The first-order valence-corrected chi connectivity index (χ1v) is 9.75. The van der Waals surface area contributed by atoms with Gasteiger partial charge in [-0.2, -0.15) is 0 Å². The first-order valence-electron chi connectivity index (χ1n) is 9.75. The van der Waals surface area contributed by atoms with Gasteiger partial charge in [-0.25, -0.2) is 4.79 Å². The third-order valence-corrected chi connectivity index (χ3v) is 4.82. The summed E-state index contributed by atoms with van der Waals surface area (Å²) in [6.07, 6.45) is -1.28. The van der Waals surface area contributed by atoms with E-state index < -0.39 is 22.9 Å². The van der Waals surface area contributed by atoms with Gasteiger partial charge in [0.25, 0.3) is 11.6 Å². The van der Waals surface area contributed by atoms with Gasteiger partial charge in [-0.05, 0) is 32.0 Å². The molecule has 1 aromatic heterocycles. The third kappa shape index (κ3) is 4.63. The van der Waals surface area contributed by atoms with Crippen LogP contribution in [0.1, 0.15) is 20.3 Å². The number of nitro groups is 1. The van der Waals surface area contributed by atoms with Crippen molar-refractivity contribution in [3.05, 3.63) is 69.1 Å². The highest BCUT2D eigenvalue weighted by atomic mass is 16.6. The summed E-state index contributed by atoms with van der Waals surface area (Å²) in [6, 6.07) is 13.0. The van der Waals surface area contributed by atoms with E-state index in [0.29, 0.717) is 12.1 Å². The number of imidazole rings is 1. The van der Waals surface area contributed by atoms with E-state index in [1.54, 1.807) is 16.7 Å². The minimum atomic E-state index is -1.17. The Labute approximate surface area is 177 Å². The highest BCUT2D eigenvalue weighted by molar-refractivity contribution is 5.96. The zero-order valence-electron chi connectivity index (χ0n) is 17.1. The molecule has 1 atom stereocenters. The van der Waals surface area contributed by atoms with E-state index in [4.69, 9.17) is 4.74 Å². The topological polar surface area (TPSA) is 125 Å². The molecule has 3 aromatic rings. The minimum Gasteiger partial charge on any atom is -0.452 e. The van der Waals surface area contributed by atoms with Crippen molar-refractivity contribution in [3.63, 3.8) is 0 Å². The molecule has 0 aliphatic rings. The van der Waals surface area contributed by atoms with Crippen molar-refractivity contribution >= 4 is 34.3 Å². The van der Waals surface area contributed by atoms with Crippen molar-refractivity contribution in [3.8, 4) is 0 Å². The molecule has 0 saturated carbocycles. The SMILES string of the molecule is CCn1c(=O)n(CCC(=O)OC(C)C(=O)Nc2ccccc2[N+](=O)[O-])c2ccccc21. The van der Waals surface area contributed by atoms with E-state index in [1.807, 2.05) is 25.1 Å². The molecule has 0 fully saturated rings. The van der Waals surface area contributed by atoms with E-state index in [0.717, 1.165) is 5.52 Å². The Morgan fingerprint density at radius 3 is 2.35 bits per heavy atom. The second-order valence-electron chi connectivity index (χ2n) is 6.81. The fourth-order valence-electron chi connectivity index (χ4n) is 3.28. The summed E-state index contributed by atoms with van der Waals surface area (Å²) in [4.78, 5) is 47.6. The Bertz CT molecular complexity index is 1200. The molecule has 10 heteroatoms. The van der Waals surface area contributed by atoms with Gasteiger partial charge >= 0.3 is 11.7 Å². The molecule has 10 nitrogen and oxygen atoms in total. The van der Waals surface area contributed by atoms with Gasteiger partial charge in [0.05, 0.1) is 22.4 Å². The predicted molar refractivity (Wildman–Crippen MR) is 114 cm³/mol. The molecule has 162 valence electrons. The number of nitrogens with zero attached hydrogens (tertiary/aromatic N) is 3. The Morgan fingerprint density at radius 1 is 1.10 bits per heavy atom. The van der Waals surface area contributed by atoms with Gasteiger partial charge in [0.2, 0.25) is 0 Å². The van der Waals surface area contributed by atoms with Crippen LogP contribution in [0.3, 0.4) is 0 Å². The average molecular weight is 426 g/mol. The quantitative estimate of drug-likeness (QED) is 0.335. The van der Waals surface area contributed by atoms with Crippen LogP contribution in [-0.2, 0) is 27.4 Å². The van der Waals surface area contributed by atoms with Crippen LogP contribution in [-0.4, -0.2) is 32.0 Å². The van der Waals surface area contributed by atoms with Crippen molar-refractivity contribution in [2.45, 2.75) is 39.5 Å². The molecule has 0 aliphatic carbocycles. The number of aryl methyl sites for hydroxylation is 2. The summed E-state index contributed by atoms with van der Waals surface area (Å²) in [7, 11) is 0. The lowest BCUT2D eigenvalue weighted by atomic mass is 10.2. The number of amides is 1. The number of carbonyl (C=O) groups is 2. The van der Waals surface area contributed by atoms with Crippen molar-refractivity contribution in [1.29, 1.82) is 0 Å². The molecule has 0 radical (unpaired) electrons. The predicted octanol–water partition coefficient (Wildman–Crippen LogP) is 2.69. The van der Waals surface area contributed by atoms with Crippen molar-refractivity contribution < 1.29 is 19.2 Å². The number of nitrogens with one attached hydrogen (secondary N) is 1. The molecule has 0 spiro atoms. The molecule has 1 heterocycles. The standard InChI is InChI=1S/C21H22N4O6/c1-3-23-17-10-6-7-11-18(17)24(21(23)28)13-12-19(26)31-14(2)20(27)22-15-8-4-5-9-16(15)25(29)30/h4-11,14H,3,12-13H2,1-2H3,(H,22,27). The summed E-state index contributed by atoms with van der Waals surface area (Å²) >= 11 is 0. The lowest BCUT2D eigenvalue weighted by molar-refractivity contribution is -0.383. The van der Waals surface area contributed by atoms with Gasteiger partial charge in [0, 0.05) is 19.2 Å². The average Bonchev–Trinajstić information content (AvgIpc) is 3.02. The molecular formula is C21H22N4O6. The van der Waals surface area contributed by atoms with Crippen LogP contribution in [0.2, 0.25) is 0 Å². The fraction of sp³-hybridized carbons (Fsp3) is 0.286. The molecule has 1 unspecified atom stereocenters. The van der Waals surface area contributed by atoms with Crippen LogP contribution < -0.4 is 11.0 Å². The van der Waals surface area contributed by atoms with Crippen LogP contribution in [0.15, 0.2) is 53.3 Å². The largest absolute Gasteiger partial charge is 0.452 e. The number of aromatic nitrogens is 2. The zero-order chi connectivity index (χ0) is 22.5. The number of benzene rings is 2. The summed E-state index contributed by atoms with van der Waals surface area (Å²) in [6.45, 7) is 3.84. The number of hydrogen-bond acceptors (Lipinski definition) is 6. The third-order valence-electron chi connectivity index (χ3n) is 4.82. The number of carbonyl (C=O) groups excluding carboxylic acids is 2. The fourth-order valence-corrected chi connectivity index (χ4v) is 3.28. The van der Waals surface area contributed by atoms with E-state index in [1.165, 1.54) is 29.7 Å². The van der Waals surface area contributed by atoms with Gasteiger partial charge in [0.1, 0.15) is 5.69 Å². The molecule has 3 rings (SSSR count). The number of rotatable bonds is 8. The van der Waals surface area contributed by atoms with Crippen molar-refractivity contribution in [1.82, 2.24) is 9.13 Å². The highest BCUT2D eigenvalue weighted by Gasteiger charge is 2.22. The van der Waals surface area contributed by atoms with Crippen LogP contribution in [0.4, 0.5) is 11.4 Å². The second kappa shape index (κ2) is 9.24. The van der Waals surface area contributed by atoms with Gasteiger partial charge in [0.15, 0.2) is 6.10 Å². The number of para-hydroxylation sites is 4. The number of hydrogen-bond donors (Lipinski definition) is 1. The maximum atomic E-state index is 12.6.